The molecule has 68 valence electrons. The van der Waals surface area contributed by atoms with Crippen LogP contribution in [0.3, 0.4) is 0 Å². The predicted octanol–water partition coefficient (Wildman–Crippen LogP) is 2.33. The average Bonchev–Trinajstić information content (AvgIpc) is 2.03. The molecule has 0 atom stereocenters. The first-order valence-corrected chi connectivity index (χ1v) is 4.01. The van der Waals surface area contributed by atoms with Crippen LogP contribution in [-0.2, 0) is 5.41 Å². The van der Waals surface area contributed by atoms with Crippen LogP contribution in [0.5, 0.6) is 0 Å². The van der Waals surface area contributed by atoms with E-state index in [1.54, 1.807) is 27.0 Å². The molecule has 0 aliphatic carbocycles. The van der Waals surface area contributed by atoms with Gasteiger partial charge in [0.15, 0.2) is 0 Å². The van der Waals surface area contributed by atoms with E-state index >= 15 is 0 Å². The first-order chi connectivity index (χ1) is 5.97. The zero-order chi connectivity index (χ0) is 10.1. The summed E-state index contributed by atoms with van der Waals surface area (Å²) in [6, 6.07) is 3.41. The van der Waals surface area contributed by atoms with Crippen LogP contribution in [0, 0.1) is 24.1 Å². The second-order valence-electron chi connectivity index (χ2n) is 3.58. The summed E-state index contributed by atoms with van der Waals surface area (Å²) in [5.41, 5.74) is 0.105. The number of hydrogen-bond donors (Lipinski definition) is 0. The molecule has 13 heavy (non-hydrogen) atoms. The molecule has 3 heteroatoms. The largest absolute Gasteiger partial charge is 0.256 e. The van der Waals surface area contributed by atoms with Crippen LogP contribution >= 0.6 is 0 Å². The van der Waals surface area contributed by atoms with Gasteiger partial charge in [-0.3, -0.25) is 4.98 Å². The fourth-order valence-corrected chi connectivity index (χ4v) is 1.05. The van der Waals surface area contributed by atoms with Crippen LogP contribution < -0.4 is 0 Å². The third-order valence-corrected chi connectivity index (χ3v) is 1.85. The van der Waals surface area contributed by atoms with E-state index in [0.717, 1.165) is 5.56 Å². The summed E-state index contributed by atoms with van der Waals surface area (Å²) in [5, 5.41) is 8.78. The van der Waals surface area contributed by atoms with E-state index in [9.17, 15) is 4.39 Å². The monoisotopic (exact) mass is 178 g/mol. The highest BCUT2D eigenvalue weighted by Gasteiger charge is 2.25. The number of halogens is 1. The van der Waals surface area contributed by atoms with Crippen LogP contribution in [0.2, 0.25) is 0 Å². The van der Waals surface area contributed by atoms with Crippen molar-refractivity contribution in [3.63, 3.8) is 0 Å². The van der Waals surface area contributed by atoms with Crippen molar-refractivity contribution in [2.75, 3.05) is 0 Å². The van der Waals surface area contributed by atoms with E-state index in [1.807, 2.05) is 6.07 Å². The van der Waals surface area contributed by atoms with Gasteiger partial charge in [0.25, 0.3) is 0 Å². The van der Waals surface area contributed by atoms with Crippen molar-refractivity contribution in [1.29, 1.82) is 5.26 Å². The topological polar surface area (TPSA) is 36.7 Å². The molecule has 2 nitrogen and oxygen atoms in total. The van der Waals surface area contributed by atoms with E-state index in [-0.39, 0.29) is 5.69 Å². The van der Waals surface area contributed by atoms with Crippen molar-refractivity contribution >= 4 is 0 Å². The summed E-state index contributed by atoms with van der Waals surface area (Å²) in [7, 11) is 0. The smallest absolute Gasteiger partial charge is 0.146 e. The van der Waals surface area contributed by atoms with Gasteiger partial charge >= 0.3 is 0 Å². The molecule has 0 saturated heterocycles. The highest BCUT2D eigenvalue weighted by Crippen LogP contribution is 2.22. The second kappa shape index (κ2) is 3.14. The number of aromatic nitrogens is 1. The molecule has 0 bridgehead atoms. The first-order valence-electron chi connectivity index (χ1n) is 4.01. The fraction of sp³-hybridized carbons (Fsp3) is 0.400. The Morgan fingerprint density at radius 3 is 2.62 bits per heavy atom. The van der Waals surface area contributed by atoms with Crippen LogP contribution in [-0.4, -0.2) is 4.98 Å². The summed E-state index contributed by atoms with van der Waals surface area (Å²) in [5.74, 6) is -0.411. The second-order valence-corrected chi connectivity index (χ2v) is 3.58. The number of hydrogen-bond acceptors (Lipinski definition) is 2. The lowest BCUT2D eigenvalue weighted by Crippen LogP contribution is -2.18. The van der Waals surface area contributed by atoms with Crippen molar-refractivity contribution in [3.8, 4) is 6.07 Å². The lowest BCUT2D eigenvalue weighted by atomic mass is 9.90. The van der Waals surface area contributed by atoms with Gasteiger partial charge in [-0.05, 0) is 32.4 Å². The Bertz CT molecular complexity index is 364. The van der Waals surface area contributed by atoms with Gasteiger partial charge in [-0.1, -0.05) is 0 Å². The van der Waals surface area contributed by atoms with Gasteiger partial charge in [0, 0.05) is 6.20 Å². The molecule has 1 heterocycles. The minimum absolute atomic E-state index is 0.209. The highest BCUT2D eigenvalue weighted by atomic mass is 19.1. The zero-order valence-electron chi connectivity index (χ0n) is 7.93. The molecule has 0 amide bonds. The van der Waals surface area contributed by atoms with Crippen LogP contribution in [0.15, 0.2) is 12.3 Å². The standard InChI is InChI=1S/C10H11FN2/c1-7-4-8(11)9(13-5-7)10(2,3)6-12/h4-5H,1-3H3. The quantitative estimate of drug-likeness (QED) is 0.661. The molecule has 0 saturated carbocycles. The number of aryl methyl sites for hydroxylation is 1. The summed E-state index contributed by atoms with van der Waals surface area (Å²) in [4.78, 5) is 3.92. The number of nitrogens with zero attached hydrogens (tertiary/aromatic N) is 2. The van der Waals surface area contributed by atoms with Gasteiger partial charge in [0.1, 0.15) is 5.82 Å². The normalized spacial score (nSPS) is 11.0. The molecular formula is C10H11FN2. The van der Waals surface area contributed by atoms with Crippen molar-refractivity contribution in [2.24, 2.45) is 0 Å². The lowest BCUT2D eigenvalue weighted by Gasteiger charge is -2.14. The Labute approximate surface area is 77.0 Å². The van der Waals surface area contributed by atoms with Gasteiger partial charge < -0.3 is 0 Å². The Morgan fingerprint density at radius 2 is 2.15 bits per heavy atom. The molecule has 0 radical (unpaired) electrons. The average molecular weight is 178 g/mol. The third kappa shape index (κ3) is 1.83. The predicted molar refractivity (Wildman–Crippen MR) is 47.6 cm³/mol. The number of pyridine rings is 1. The SMILES string of the molecule is Cc1cnc(C(C)(C)C#N)c(F)c1. The van der Waals surface area contributed by atoms with Gasteiger partial charge in [0.2, 0.25) is 0 Å². The summed E-state index contributed by atoms with van der Waals surface area (Å²) in [6.45, 7) is 5.06. The Kier molecular flexibility index (Phi) is 2.33. The zero-order valence-corrected chi connectivity index (χ0v) is 7.93. The molecule has 0 N–H and O–H groups in total. The van der Waals surface area contributed by atoms with Crippen LogP contribution in [0.25, 0.3) is 0 Å². The van der Waals surface area contributed by atoms with E-state index in [2.05, 4.69) is 4.98 Å². The lowest BCUT2D eigenvalue weighted by molar-refractivity contribution is 0.545. The molecule has 1 aromatic heterocycles. The molecule has 0 fully saturated rings. The van der Waals surface area contributed by atoms with Crippen molar-refractivity contribution in [2.45, 2.75) is 26.2 Å². The van der Waals surface area contributed by atoms with Crippen LogP contribution in [0.4, 0.5) is 4.39 Å². The van der Waals surface area contributed by atoms with E-state index in [0.29, 0.717) is 0 Å². The molecule has 1 aromatic rings. The summed E-state index contributed by atoms with van der Waals surface area (Å²) in [6.07, 6.45) is 1.57. The molecule has 0 spiro atoms. The summed E-state index contributed by atoms with van der Waals surface area (Å²) >= 11 is 0. The van der Waals surface area contributed by atoms with Gasteiger partial charge in [-0.25, -0.2) is 4.39 Å². The van der Waals surface area contributed by atoms with Crippen LogP contribution in [0.1, 0.15) is 25.1 Å². The Morgan fingerprint density at radius 1 is 1.54 bits per heavy atom. The molecule has 0 unspecified atom stereocenters. The van der Waals surface area contributed by atoms with Crippen molar-refractivity contribution < 1.29 is 4.39 Å². The van der Waals surface area contributed by atoms with E-state index in [4.69, 9.17) is 5.26 Å². The molecule has 0 aromatic carbocycles. The van der Waals surface area contributed by atoms with E-state index < -0.39 is 11.2 Å². The highest BCUT2D eigenvalue weighted by molar-refractivity contribution is 5.26. The van der Waals surface area contributed by atoms with Gasteiger partial charge in [-0.2, -0.15) is 5.26 Å². The molecule has 1 rings (SSSR count). The molecule has 0 aliphatic rings. The summed E-state index contributed by atoms with van der Waals surface area (Å²) < 4.78 is 13.3. The maximum atomic E-state index is 13.3. The van der Waals surface area contributed by atoms with Gasteiger partial charge in [-0.15, -0.1) is 0 Å². The van der Waals surface area contributed by atoms with Gasteiger partial charge in [0.05, 0.1) is 17.2 Å². The fourth-order valence-electron chi connectivity index (χ4n) is 1.05. The van der Waals surface area contributed by atoms with Crippen molar-refractivity contribution in [3.05, 3.63) is 29.3 Å². The first kappa shape index (κ1) is 9.66. The minimum Gasteiger partial charge on any atom is -0.256 e. The Hall–Kier alpha value is -1.43. The maximum Gasteiger partial charge on any atom is 0.146 e. The maximum absolute atomic E-state index is 13.3. The van der Waals surface area contributed by atoms with Crippen molar-refractivity contribution in [1.82, 2.24) is 4.98 Å². The van der Waals surface area contributed by atoms with E-state index in [1.165, 1.54) is 6.07 Å². The number of rotatable bonds is 1. The Balaban J connectivity index is 3.26. The number of nitriles is 1. The minimum atomic E-state index is -0.863. The third-order valence-electron chi connectivity index (χ3n) is 1.85. The molecular weight excluding hydrogens is 167 g/mol. The molecule has 0 aliphatic heterocycles.